The first kappa shape index (κ1) is 16.9. The average molecular weight is 259 g/mol. The summed E-state index contributed by atoms with van der Waals surface area (Å²) in [6, 6.07) is 0. The molecule has 0 rings (SSSR count). The average Bonchev–Trinajstić information content (AvgIpc) is 2.34. The number of nitrogens with zero attached hydrogens (tertiary/aromatic N) is 1. The van der Waals surface area contributed by atoms with Gasteiger partial charge in [-0.05, 0) is 19.3 Å². The summed E-state index contributed by atoms with van der Waals surface area (Å²) in [4.78, 5) is 21.0. The van der Waals surface area contributed by atoms with Gasteiger partial charge in [0.1, 0.15) is 0 Å². The van der Waals surface area contributed by atoms with Crippen LogP contribution in [0.25, 0.3) is 0 Å². The van der Waals surface area contributed by atoms with Crippen molar-refractivity contribution in [2.24, 2.45) is 0 Å². The highest BCUT2D eigenvalue weighted by Gasteiger charge is 2.01. The molecule has 5 nitrogen and oxygen atoms in total. The molecule has 0 aromatic carbocycles. The van der Waals surface area contributed by atoms with Crippen molar-refractivity contribution >= 4 is 5.97 Å². The lowest BCUT2D eigenvalue weighted by Crippen LogP contribution is -2.04. The Morgan fingerprint density at radius 2 is 1.61 bits per heavy atom. The van der Waals surface area contributed by atoms with Crippen LogP contribution in [0.3, 0.4) is 0 Å². The molecule has 0 saturated carbocycles. The van der Waals surface area contributed by atoms with E-state index in [4.69, 9.17) is 4.74 Å². The second-order valence-electron chi connectivity index (χ2n) is 4.50. The van der Waals surface area contributed by atoms with Gasteiger partial charge in [-0.1, -0.05) is 32.6 Å². The Bertz CT molecular complexity index is 231. The number of unbranched alkanes of at least 4 members (excludes halogenated alkanes) is 6. The second-order valence-corrected chi connectivity index (χ2v) is 4.50. The van der Waals surface area contributed by atoms with E-state index in [0.717, 1.165) is 44.9 Å². The van der Waals surface area contributed by atoms with Crippen LogP contribution in [-0.2, 0) is 9.53 Å². The molecule has 0 N–H and O–H groups in total. The standard InChI is InChI=1S/C13H25NO4/c1-2-12-18-13(15)10-8-6-4-3-5-7-9-11-14(16)17/h2-12H2,1H3. The van der Waals surface area contributed by atoms with Crippen LogP contribution in [0.4, 0.5) is 0 Å². The minimum absolute atomic E-state index is 0.0866. The van der Waals surface area contributed by atoms with Crippen molar-refractivity contribution in [2.75, 3.05) is 13.2 Å². The Hall–Kier alpha value is -1.13. The van der Waals surface area contributed by atoms with E-state index in [-0.39, 0.29) is 17.4 Å². The number of ether oxygens (including phenoxy) is 1. The molecular weight excluding hydrogens is 234 g/mol. The van der Waals surface area contributed by atoms with E-state index >= 15 is 0 Å². The highest BCUT2D eigenvalue weighted by molar-refractivity contribution is 5.69. The third kappa shape index (κ3) is 12.9. The van der Waals surface area contributed by atoms with Crippen LogP contribution < -0.4 is 0 Å². The lowest BCUT2D eigenvalue weighted by atomic mass is 10.1. The van der Waals surface area contributed by atoms with Crippen molar-refractivity contribution in [3.63, 3.8) is 0 Å². The van der Waals surface area contributed by atoms with E-state index < -0.39 is 0 Å². The lowest BCUT2D eigenvalue weighted by molar-refractivity contribution is -0.480. The molecule has 0 heterocycles. The molecule has 0 unspecified atom stereocenters. The van der Waals surface area contributed by atoms with E-state index in [9.17, 15) is 14.9 Å². The third-order valence-corrected chi connectivity index (χ3v) is 2.69. The lowest BCUT2D eigenvalue weighted by Gasteiger charge is -2.03. The number of rotatable bonds is 12. The zero-order valence-electron chi connectivity index (χ0n) is 11.4. The van der Waals surface area contributed by atoms with Gasteiger partial charge >= 0.3 is 5.97 Å². The second kappa shape index (κ2) is 12.3. The number of hydrogen-bond donors (Lipinski definition) is 0. The number of carbonyl (C=O) groups is 1. The summed E-state index contributed by atoms with van der Waals surface area (Å²) < 4.78 is 4.97. The SMILES string of the molecule is CCCOC(=O)CCCCCCCCC[N+](=O)[O-]. The molecule has 0 aromatic rings. The van der Waals surface area contributed by atoms with Crippen molar-refractivity contribution in [3.05, 3.63) is 10.1 Å². The topological polar surface area (TPSA) is 69.4 Å². The van der Waals surface area contributed by atoms with Crippen LogP contribution in [0.1, 0.15) is 64.7 Å². The highest BCUT2D eigenvalue weighted by Crippen LogP contribution is 2.09. The summed E-state index contributed by atoms with van der Waals surface area (Å²) in [5.41, 5.74) is 0. The van der Waals surface area contributed by atoms with Crippen molar-refractivity contribution in [1.82, 2.24) is 0 Å². The van der Waals surface area contributed by atoms with E-state index in [2.05, 4.69) is 0 Å². The first-order valence-electron chi connectivity index (χ1n) is 6.94. The van der Waals surface area contributed by atoms with E-state index in [1.165, 1.54) is 0 Å². The molecule has 0 aliphatic carbocycles. The van der Waals surface area contributed by atoms with Crippen LogP contribution in [0.5, 0.6) is 0 Å². The van der Waals surface area contributed by atoms with Crippen LogP contribution in [-0.4, -0.2) is 24.0 Å². The van der Waals surface area contributed by atoms with Gasteiger partial charge in [0.25, 0.3) is 0 Å². The molecule has 18 heavy (non-hydrogen) atoms. The van der Waals surface area contributed by atoms with Gasteiger partial charge in [-0.3, -0.25) is 14.9 Å². The minimum atomic E-state index is -0.262. The smallest absolute Gasteiger partial charge is 0.305 e. The third-order valence-electron chi connectivity index (χ3n) is 2.69. The fraction of sp³-hybridized carbons (Fsp3) is 0.923. The molecule has 0 fully saturated rings. The Morgan fingerprint density at radius 3 is 2.17 bits per heavy atom. The maximum absolute atomic E-state index is 11.2. The van der Waals surface area contributed by atoms with Gasteiger partial charge < -0.3 is 4.74 Å². The van der Waals surface area contributed by atoms with Crippen LogP contribution in [0.15, 0.2) is 0 Å². The number of hydrogen-bond acceptors (Lipinski definition) is 4. The molecule has 106 valence electrons. The van der Waals surface area contributed by atoms with Crippen molar-refractivity contribution < 1.29 is 14.5 Å². The molecule has 0 bridgehead atoms. The summed E-state index contributed by atoms with van der Waals surface area (Å²) in [6.07, 6.45) is 8.16. The molecule has 0 saturated heterocycles. The molecule has 0 radical (unpaired) electrons. The molecule has 0 aliphatic rings. The van der Waals surface area contributed by atoms with Crippen LogP contribution in [0.2, 0.25) is 0 Å². The molecule has 0 aromatic heterocycles. The summed E-state index contributed by atoms with van der Waals surface area (Å²) in [6.45, 7) is 2.59. The van der Waals surface area contributed by atoms with Gasteiger partial charge in [0.05, 0.1) is 6.61 Å². The van der Waals surface area contributed by atoms with Crippen LogP contribution in [0, 0.1) is 10.1 Å². The van der Waals surface area contributed by atoms with Crippen molar-refractivity contribution in [2.45, 2.75) is 64.7 Å². The quantitative estimate of drug-likeness (QED) is 0.233. The monoisotopic (exact) mass is 259 g/mol. The van der Waals surface area contributed by atoms with E-state index in [1.807, 2.05) is 6.92 Å². The van der Waals surface area contributed by atoms with Gasteiger partial charge in [-0.25, -0.2) is 0 Å². The predicted octanol–water partition coefficient (Wildman–Crippen LogP) is 3.34. The first-order valence-corrected chi connectivity index (χ1v) is 6.94. The minimum Gasteiger partial charge on any atom is -0.466 e. The molecule has 0 atom stereocenters. The Kier molecular flexibility index (Phi) is 11.6. The summed E-state index contributed by atoms with van der Waals surface area (Å²) in [7, 11) is 0. The van der Waals surface area contributed by atoms with Gasteiger partial charge in [0.15, 0.2) is 0 Å². The molecule has 0 spiro atoms. The Balaban J connectivity index is 3.11. The van der Waals surface area contributed by atoms with Gasteiger partial charge in [-0.2, -0.15) is 0 Å². The number of carbonyl (C=O) groups excluding carboxylic acids is 1. The predicted molar refractivity (Wildman–Crippen MR) is 70.0 cm³/mol. The van der Waals surface area contributed by atoms with Gasteiger partial charge in [0.2, 0.25) is 6.54 Å². The summed E-state index contributed by atoms with van der Waals surface area (Å²) in [5.74, 6) is -0.0946. The molecule has 5 heteroatoms. The number of esters is 1. The molecular formula is C13H25NO4. The maximum Gasteiger partial charge on any atom is 0.305 e. The fourth-order valence-corrected chi connectivity index (χ4v) is 1.68. The fourth-order valence-electron chi connectivity index (χ4n) is 1.68. The summed E-state index contributed by atoms with van der Waals surface area (Å²) in [5, 5.41) is 10.1. The summed E-state index contributed by atoms with van der Waals surface area (Å²) >= 11 is 0. The molecule has 0 aliphatic heterocycles. The van der Waals surface area contributed by atoms with E-state index in [0.29, 0.717) is 19.4 Å². The first-order chi connectivity index (χ1) is 8.66. The van der Waals surface area contributed by atoms with Gasteiger partial charge in [-0.15, -0.1) is 0 Å². The largest absolute Gasteiger partial charge is 0.466 e. The normalized spacial score (nSPS) is 10.3. The number of nitro groups is 1. The highest BCUT2D eigenvalue weighted by atomic mass is 16.6. The van der Waals surface area contributed by atoms with E-state index in [1.54, 1.807) is 0 Å². The van der Waals surface area contributed by atoms with Crippen molar-refractivity contribution in [1.29, 1.82) is 0 Å². The zero-order valence-corrected chi connectivity index (χ0v) is 11.4. The molecule has 0 amide bonds. The van der Waals surface area contributed by atoms with Gasteiger partial charge in [0, 0.05) is 17.8 Å². The Morgan fingerprint density at radius 1 is 1.06 bits per heavy atom. The maximum atomic E-state index is 11.2. The van der Waals surface area contributed by atoms with Crippen molar-refractivity contribution in [3.8, 4) is 0 Å². The van der Waals surface area contributed by atoms with Crippen LogP contribution >= 0.6 is 0 Å². The zero-order chi connectivity index (χ0) is 13.6. The Labute approximate surface area is 109 Å².